The lowest BCUT2D eigenvalue weighted by molar-refractivity contribution is 0.497. The normalized spacial score (nSPS) is 22.9. The average molecular weight is 263 g/mol. The molecule has 1 unspecified atom stereocenters. The van der Waals surface area contributed by atoms with E-state index in [1.54, 1.807) is 17.1 Å². The van der Waals surface area contributed by atoms with Crippen molar-refractivity contribution in [3.05, 3.63) is 48.1 Å². The van der Waals surface area contributed by atoms with Crippen LogP contribution in [0.4, 0.5) is 8.78 Å². The van der Waals surface area contributed by atoms with Crippen molar-refractivity contribution in [2.75, 3.05) is 13.1 Å². The van der Waals surface area contributed by atoms with E-state index < -0.39 is 11.6 Å². The SMILES string of the molecule is CC1(c2cncn2-c2cc(F)cc(F)c2)CCNC1. The van der Waals surface area contributed by atoms with Gasteiger partial charge in [0.2, 0.25) is 0 Å². The summed E-state index contributed by atoms with van der Waals surface area (Å²) in [6.45, 7) is 3.92. The summed E-state index contributed by atoms with van der Waals surface area (Å²) in [7, 11) is 0. The monoisotopic (exact) mass is 263 g/mol. The number of hydrogen-bond acceptors (Lipinski definition) is 2. The minimum absolute atomic E-state index is 0.0563. The van der Waals surface area contributed by atoms with E-state index in [9.17, 15) is 8.78 Å². The Morgan fingerprint density at radius 2 is 2.00 bits per heavy atom. The van der Waals surface area contributed by atoms with Crippen molar-refractivity contribution in [2.24, 2.45) is 0 Å². The third-order valence-electron chi connectivity index (χ3n) is 3.75. The fourth-order valence-electron chi connectivity index (χ4n) is 2.66. The van der Waals surface area contributed by atoms with Gasteiger partial charge in [-0.25, -0.2) is 13.8 Å². The zero-order valence-corrected chi connectivity index (χ0v) is 10.7. The molecule has 1 aliphatic heterocycles. The van der Waals surface area contributed by atoms with Gasteiger partial charge < -0.3 is 9.88 Å². The fourth-order valence-corrected chi connectivity index (χ4v) is 2.66. The minimum Gasteiger partial charge on any atom is -0.316 e. The summed E-state index contributed by atoms with van der Waals surface area (Å²) in [5, 5.41) is 3.31. The van der Waals surface area contributed by atoms with Gasteiger partial charge in [0, 0.05) is 29.9 Å². The summed E-state index contributed by atoms with van der Waals surface area (Å²) in [6.07, 6.45) is 4.36. The predicted octanol–water partition coefficient (Wildman–Crippen LogP) is 2.40. The van der Waals surface area contributed by atoms with Crippen molar-refractivity contribution in [1.82, 2.24) is 14.9 Å². The first-order valence-corrected chi connectivity index (χ1v) is 6.28. The quantitative estimate of drug-likeness (QED) is 0.901. The van der Waals surface area contributed by atoms with Crippen LogP contribution in [-0.4, -0.2) is 22.6 Å². The van der Waals surface area contributed by atoms with E-state index in [0.717, 1.165) is 31.3 Å². The first kappa shape index (κ1) is 12.3. The van der Waals surface area contributed by atoms with Gasteiger partial charge in [-0.15, -0.1) is 0 Å². The van der Waals surface area contributed by atoms with Crippen molar-refractivity contribution in [3.63, 3.8) is 0 Å². The molecule has 1 aliphatic rings. The lowest BCUT2D eigenvalue weighted by atomic mass is 9.86. The Hall–Kier alpha value is -1.75. The maximum Gasteiger partial charge on any atom is 0.128 e. The van der Waals surface area contributed by atoms with Crippen LogP contribution in [0.25, 0.3) is 5.69 Å². The highest BCUT2D eigenvalue weighted by Crippen LogP contribution is 2.31. The van der Waals surface area contributed by atoms with E-state index >= 15 is 0 Å². The second kappa shape index (κ2) is 4.42. The summed E-state index contributed by atoms with van der Waals surface area (Å²) < 4.78 is 28.4. The molecule has 5 heteroatoms. The summed E-state index contributed by atoms with van der Waals surface area (Å²) in [6, 6.07) is 3.51. The Labute approximate surface area is 110 Å². The minimum atomic E-state index is -0.579. The molecule has 0 saturated carbocycles. The molecule has 1 N–H and O–H groups in total. The smallest absolute Gasteiger partial charge is 0.128 e. The van der Waals surface area contributed by atoms with Gasteiger partial charge in [0.05, 0.1) is 12.0 Å². The first-order valence-electron chi connectivity index (χ1n) is 6.28. The highest BCUT2D eigenvalue weighted by molar-refractivity contribution is 5.37. The molecule has 3 rings (SSSR count). The van der Waals surface area contributed by atoms with Crippen molar-refractivity contribution < 1.29 is 8.78 Å². The van der Waals surface area contributed by atoms with Crippen LogP contribution in [0.5, 0.6) is 0 Å². The van der Waals surface area contributed by atoms with E-state index in [1.165, 1.54) is 12.1 Å². The van der Waals surface area contributed by atoms with Gasteiger partial charge in [0.1, 0.15) is 11.6 Å². The molecule has 0 bridgehead atoms. The molecule has 2 aromatic rings. The van der Waals surface area contributed by atoms with Crippen molar-refractivity contribution >= 4 is 0 Å². The average Bonchev–Trinajstić information content (AvgIpc) is 2.96. The molecule has 3 nitrogen and oxygen atoms in total. The van der Waals surface area contributed by atoms with E-state index in [1.807, 2.05) is 0 Å². The number of halogens is 2. The van der Waals surface area contributed by atoms with E-state index in [2.05, 4.69) is 17.2 Å². The summed E-state index contributed by atoms with van der Waals surface area (Å²) >= 11 is 0. The lowest BCUT2D eigenvalue weighted by Crippen LogP contribution is -2.27. The zero-order valence-electron chi connectivity index (χ0n) is 10.7. The molecule has 1 saturated heterocycles. The van der Waals surface area contributed by atoms with E-state index in [-0.39, 0.29) is 5.41 Å². The van der Waals surface area contributed by atoms with Gasteiger partial charge in [0.25, 0.3) is 0 Å². The molecule has 0 aliphatic carbocycles. The third-order valence-corrected chi connectivity index (χ3v) is 3.75. The van der Waals surface area contributed by atoms with E-state index in [4.69, 9.17) is 0 Å². The molecule has 1 atom stereocenters. The molecule has 1 aromatic carbocycles. The fraction of sp³-hybridized carbons (Fsp3) is 0.357. The number of nitrogens with one attached hydrogen (secondary N) is 1. The Morgan fingerprint density at radius 3 is 2.63 bits per heavy atom. The third kappa shape index (κ3) is 2.14. The predicted molar refractivity (Wildman–Crippen MR) is 68.3 cm³/mol. The lowest BCUT2D eigenvalue weighted by Gasteiger charge is -2.24. The molecule has 0 amide bonds. The Morgan fingerprint density at radius 1 is 1.26 bits per heavy atom. The summed E-state index contributed by atoms with van der Waals surface area (Å²) in [5.74, 6) is -1.16. The van der Waals surface area contributed by atoms with Gasteiger partial charge in [-0.2, -0.15) is 0 Å². The van der Waals surface area contributed by atoms with Crippen molar-refractivity contribution in [2.45, 2.75) is 18.8 Å². The summed E-state index contributed by atoms with van der Waals surface area (Å²) in [5.41, 5.74) is 1.39. The molecule has 0 radical (unpaired) electrons. The Kier molecular flexibility index (Phi) is 2.86. The van der Waals surface area contributed by atoms with Gasteiger partial charge in [-0.3, -0.25) is 0 Å². The van der Waals surface area contributed by atoms with Crippen LogP contribution in [0, 0.1) is 11.6 Å². The number of benzene rings is 1. The molecule has 19 heavy (non-hydrogen) atoms. The number of rotatable bonds is 2. The summed E-state index contributed by atoms with van der Waals surface area (Å²) in [4.78, 5) is 4.14. The van der Waals surface area contributed by atoms with Crippen LogP contribution in [0.2, 0.25) is 0 Å². The maximum atomic E-state index is 13.3. The van der Waals surface area contributed by atoms with Crippen molar-refractivity contribution in [3.8, 4) is 5.69 Å². The highest BCUT2D eigenvalue weighted by Gasteiger charge is 2.33. The molecular weight excluding hydrogens is 248 g/mol. The van der Waals surface area contributed by atoms with Crippen LogP contribution in [0.1, 0.15) is 19.0 Å². The van der Waals surface area contributed by atoms with Crippen LogP contribution >= 0.6 is 0 Å². The molecule has 1 fully saturated rings. The molecule has 1 aromatic heterocycles. The maximum absolute atomic E-state index is 13.3. The van der Waals surface area contributed by atoms with Crippen molar-refractivity contribution in [1.29, 1.82) is 0 Å². The van der Waals surface area contributed by atoms with Crippen LogP contribution in [0.15, 0.2) is 30.7 Å². The van der Waals surface area contributed by atoms with Gasteiger partial charge in [-0.1, -0.05) is 6.92 Å². The molecule has 100 valence electrons. The number of aromatic nitrogens is 2. The van der Waals surface area contributed by atoms with Crippen LogP contribution in [0.3, 0.4) is 0 Å². The number of nitrogens with zero attached hydrogens (tertiary/aromatic N) is 2. The molecule has 2 heterocycles. The van der Waals surface area contributed by atoms with E-state index in [0.29, 0.717) is 5.69 Å². The standard InChI is InChI=1S/C14H15F2N3/c1-14(2-3-17-8-14)13-7-18-9-19(13)12-5-10(15)4-11(16)6-12/h4-7,9,17H,2-3,8H2,1H3. The highest BCUT2D eigenvalue weighted by atomic mass is 19.1. The Balaban J connectivity index is 2.09. The Bertz CT molecular complexity index is 580. The molecule has 0 spiro atoms. The zero-order chi connectivity index (χ0) is 13.5. The topological polar surface area (TPSA) is 29.9 Å². The second-order valence-electron chi connectivity index (χ2n) is 5.26. The van der Waals surface area contributed by atoms with Gasteiger partial charge in [-0.05, 0) is 25.1 Å². The number of imidazole rings is 1. The first-order chi connectivity index (χ1) is 9.08. The van der Waals surface area contributed by atoms with Crippen LogP contribution < -0.4 is 5.32 Å². The van der Waals surface area contributed by atoms with Gasteiger partial charge in [0.15, 0.2) is 0 Å². The number of hydrogen-bond donors (Lipinski definition) is 1. The van der Waals surface area contributed by atoms with Gasteiger partial charge >= 0.3 is 0 Å². The largest absolute Gasteiger partial charge is 0.316 e. The van der Waals surface area contributed by atoms with Crippen LogP contribution in [-0.2, 0) is 5.41 Å². The molecular formula is C14H15F2N3. The second-order valence-corrected chi connectivity index (χ2v) is 5.26.